The fraction of sp³-hybridized carbons (Fsp3) is 0.923. The van der Waals surface area contributed by atoms with Gasteiger partial charge in [0.1, 0.15) is 0 Å². The average molecular weight is 328 g/mol. The maximum absolute atomic E-state index is 11.8. The van der Waals surface area contributed by atoms with Crippen LogP contribution in [0.5, 0.6) is 0 Å². The number of piperazine rings is 1. The van der Waals surface area contributed by atoms with Crippen molar-refractivity contribution in [2.24, 2.45) is 11.7 Å². The maximum Gasteiger partial charge on any atom is 0.239 e. The highest BCUT2D eigenvalue weighted by Gasteiger charge is 2.25. The Morgan fingerprint density at radius 2 is 1.75 bits per heavy atom. The van der Waals surface area contributed by atoms with Crippen molar-refractivity contribution in [3.63, 3.8) is 0 Å². The first kappa shape index (κ1) is 19.9. The Hall–Kier alpha value is -0.0700. The van der Waals surface area contributed by atoms with Crippen molar-refractivity contribution in [3.8, 4) is 0 Å². The summed E-state index contributed by atoms with van der Waals surface area (Å²) in [7, 11) is 0. The Balaban J connectivity index is 0.00000180. The molecule has 7 heteroatoms. The van der Waals surface area contributed by atoms with E-state index in [2.05, 4.69) is 4.90 Å². The summed E-state index contributed by atoms with van der Waals surface area (Å²) < 4.78 is 5.38. The standard InChI is InChI=1S/C13H25N3O2.2ClH/c1-11(14)13(17)16-6-4-15(5-7-16)10-12-2-8-18-9-3-12;;/h11-12H,2-10,14H2,1H3;2*1H/t11-;;/m1../s1. The van der Waals surface area contributed by atoms with E-state index < -0.39 is 0 Å². The van der Waals surface area contributed by atoms with Crippen LogP contribution in [-0.4, -0.2) is 67.7 Å². The first-order chi connectivity index (χ1) is 8.66. The van der Waals surface area contributed by atoms with Crippen molar-refractivity contribution in [3.05, 3.63) is 0 Å². The van der Waals surface area contributed by atoms with Crippen molar-refractivity contribution >= 4 is 30.7 Å². The van der Waals surface area contributed by atoms with Gasteiger partial charge in [0.15, 0.2) is 0 Å². The molecule has 120 valence electrons. The normalized spacial score (nSPS) is 22.6. The molecule has 2 saturated heterocycles. The molecule has 0 aromatic heterocycles. The predicted molar refractivity (Wildman–Crippen MR) is 84.7 cm³/mol. The summed E-state index contributed by atoms with van der Waals surface area (Å²) >= 11 is 0. The molecule has 2 rings (SSSR count). The van der Waals surface area contributed by atoms with E-state index in [1.54, 1.807) is 6.92 Å². The van der Waals surface area contributed by atoms with Crippen LogP contribution in [0.4, 0.5) is 0 Å². The molecule has 0 aromatic rings. The topological polar surface area (TPSA) is 58.8 Å². The zero-order valence-electron chi connectivity index (χ0n) is 12.1. The zero-order chi connectivity index (χ0) is 13.0. The Morgan fingerprint density at radius 1 is 1.20 bits per heavy atom. The minimum atomic E-state index is -0.368. The molecule has 20 heavy (non-hydrogen) atoms. The van der Waals surface area contributed by atoms with E-state index in [1.807, 2.05) is 4.90 Å². The van der Waals surface area contributed by atoms with Crippen LogP contribution in [0.15, 0.2) is 0 Å². The van der Waals surface area contributed by atoms with Gasteiger partial charge >= 0.3 is 0 Å². The smallest absolute Gasteiger partial charge is 0.239 e. The van der Waals surface area contributed by atoms with Gasteiger partial charge in [-0.2, -0.15) is 0 Å². The van der Waals surface area contributed by atoms with Crippen LogP contribution in [0.3, 0.4) is 0 Å². The molecule has 1 amide bonds. The second kappa shape index (κ2) is 9.79. The lowest BCUT2D eigenvalue weighted by Gasteiger charge is -2.37. The Bertz CT molecular complexity index is 279. The molecular formula is C13H27Cl2N3O2. The fourth-order valence-corrected chi connectivity index (χ4v) is 2.73. The van der Waals surface area contributed by atoms with Gasteiger partial charge in [0.05, 0.1) is 6.04 Å². The van der Waals surface area contributed by atoms with Crippen molar-refractivity contribution in [1.82, 2.24) is 9.80 Å². The van der Waals surface area contributed by atoms with Gasteiger partial charge in [-0.15, -0.1) is 24.8 Å². The van der Waals surface area contributed by atoms with Gasteiger partial charge in [-0.3, -0.25) is 9.69 Å². The summed E-state index contributed by atoms with van der Waals surface area (Å²) in [4.78, 5) is 16.1. The number of hydrogen-bond donors (Lipinski definition) is 1. The van der Waals surface area contributed by atoms with Crippen molar-refractivity contribution in [2.75, 3.05) is 45.9 Å². The number of rotatable bonds is 3. The molecule has 0 aliphatic carbocycles. The largest absolute Gasteiger partial charge is 0.381 e. The minimum Gasteiger partial charge on any atom is -0.381 e. The minimum absolute atomic E-state index is 0. The number of nitrogens with zero attached hydrogens (tertiary/aromatic N) is 2. The molecule has 0 radical (unpaired) electrons. The summed E-state index contributed by atoms with van der Waals surface area (Å²) in [6.45, 7) is 8.35. The summed E-state index contributed by atoms with van der Waals surface area (Å²) in [6.07, 6.45) is 2.36. The summed E-state index contributed by atoms with van der Waals surface area (Å²) in [6, 6.07) is -0.368. The van der Waals surface area contributed by atoms with Gasteiger partial charge in [0.2, 0.25) is 5.91 Å². The molecule has 0 bridgehead atoms. The van der Waals surface area contributed by atoms with E-state index in [1.165, 1.54) is 12.8 Å². The molecule has 2 N–H and O–H groups in total. The van der Waals surface area contributed by atoms with E-state index in [0.717, 1.165) is 51.9 Å². The summed E-state index contributed by atoms with van der Waals surface area (Å²) in [5.41, 5.74) is 5.63. The van der Waals surface area contributed by atoms with E-state index >= 15 is 0 Å². The summed E-state index contributed by atoms with van der Waals surface area (Å²) in [5, 5.41) is 0. The van der Waals surface area contributed by atoms with Crippen molar-refractivity contribution in [1.29, 1.82) is 0 Å². The lowest BCUT2D eigenvalue weighted by molar-refractivity contribution is -0.134. The Labute approximate surface area is 134 Å². The van der Waals surface area contributed by atoms with E-state index in [-0.39, 0.29) is 36.8 Å². The van der Waals surface area contributed by atoms with Crippen LogP contribution in [0, 0.1) is 5.92 Å². The highest BCUT2D eigenvalue weighted by molar-refractivity contribution is 5.85. The van der Waals surface area contributed by atoms with Crippen LogP contribution in [0.2, 0.25) is 0 Å². The number of amides is 1. The molecule has 0 unspecified atom stereocenters. The zero-order valence-corrected chi connectivity index (χ0v) is 13.8. The van der Waals surface area contributed by atoms with Gasteiger partial charge in [-0.1, -0.05) is 0 Å². The van der Waals surface area contributed by atoms with Crippen LogP contribution in [0.25, 0.3) is 0 Å². The van der Waals surface area contributed by atoms with E-state index in [4.69, 9.17) is 10.5 Å². The molecule has 5 nitrogen and oxygen atoms in total. The lowest BCUT2D eigenvalue weighted by Crippen LogP contribution is -2.53. The molecule has 2 aliphatic rings. The van der Waals surface area contributed by atoms with Crippen LogP contribution in [-0.2, 0) is 9.53 Å². The number of halogens is 2. The molecule has 0 saturated carbocycles. The molecule has 1 atom stereocenters. The van der Waals surface area contributed by atoms with Gasteiger partial charge in [-0.25, -0.2) is 0 Å². The highest BCUT2D eigenvalue weighted by atomic mass is 35.5. The van der Waals surface area contributed by atoms with Crippen molar-refractivity contribution < 1.29 is 9.53 Å². The quantitative estimate of drug-likeness (QED) is 0.831. The number of carbonyl (C=O) groups excluding carboxylic acids is 1. The fourth-order valence-electron chi connectivity index (χ4n) is 2.73. The van der Waals surface area contributed by atoms with E-state index in [0.29, 0.717) is 0 Å². The number of ether oxygens (including phenoxy) is 1. The van der Waals surface area contributed by atoms with Gasteiger partial charge < -0.3 is 15.4 Å². The van der Waals surface area contributed by atoms with Crippen LogP contribution in [0.1, 0.15) is 19.8 Å². The SMILES string of the molecule is C[C@@H](N)C(=O)N1CCN(CC2CCOCC2)CC1.Cl.Cl. The highest BCUT2D eigenvalue weighted by Crippen LogP contribution is 2.17. The second-order valence-electron chi connectivity index (χ2n) is 5.47. The van der Waals surface area contributed by atoms with E-state index in [9.17, 15) is 4.79 Å². The number of hydrogen-bond acceptors (Lipinski definition) is 4. The molecule has 0 aromatic carbocycles. The first-order valence-electron chi connectivity index (χ1n) is 7.01. The average Bonchev–Trinajstić information content (AvgIpc) is 2.40. The molecular weight excluding hydrogens is 301 g/mol. The predicted octanol–water partition coefficient (Wildman–Crippen LogP) is 0.748. The molecule has 2 fully saturated rings. The third kappa shape index (κ3) is 5.74. The molecule has 2 heterocycles. The Morgan fingerprint density at radius 3 is 2.25 bits per heavy atom. The second-order valence-corrected chi connectivity index (χ2v) is 5.47. The third-order valence-electron chi connectivity index (χ3n) is 3.93. The third-order valence-corrected chi connectivity index (χ3v) is 3.93. The monoisotopic (exact) mass is 327 g/mol. The van der Waals surface area contributed by atoms with Crippen LogP contribution >= 0.6 is 24.8 Å². The number of nitrogens with two attached hydrogens (primary N) is 1. The van der Waals surface area contributed by atoms with Gasteiger partial charge in [0.25, 0.3) is 0 Å². The van der Waals surface area contributed by atoms with Crippen molar-refractivity contribution in [2.45, 2.75) is 25.8 Å². The van der Waals surface area contributed by atoms with Gasteiger partial charge in [-0.05, 0) is 25.7 Å². The molecule has 2 aliphatic heterocycles. The first-order valence-corrected chi connectivity index (χ1v) is 7.01. The maximum atomic E-state index is 11.8. The van der Waals surface area contributed by atoms with Gasteiger partial charge in [0, 0.05) is 45.9 Å². The molecule has 0 spiro atoms. The van der Waals surface area contributed by atoms with Crippen LogP contribution < -0.4 is 5.73 Å². The summed E-state index contributed by atoms with van der Waals surface area (Å²) in [5.74, 6) is 0.857. The lowest BCUT2D eigenvalue weighted by atomic mass is 9.99. The number of carbonyl (C=O) groups is 1. The Kier molecular flexibility index (Phi) is 9.76.